The highest BCUT2D eigenvalue weighted by molar-refractivity contribution is 6.31. The van der Waals surface area contributed by atoms with E-state index in [4.69, 9.17) is 16.3 Å². The maximum Gasteiger partial charge on any atom is 0.0587 e. The molecule has 4 heteroatoms. The van der Waals surface area contributed by atoms with Gasteiger partial charge in [-0.25, -0.2) is 0 Å². The Hall–Kier alpha value is -0.770. The quantitative estimate of drug-likeness (QED) is 0.811. The Kier molecular flexibility index (Phi) is 5.91. The number of halogens is 1. The highest BCUT2D eigenvalue weighted by atomic mass is 35.5. The number of methoxy groups -OCH3 is 1. The zero-order valence-electron chi connectivity index (χ0n) is 13.4. The van der Waals surface area contributed by atoms with Crippen LogP contribution in [0.4, 0.5) is 5.69 Å². The minimum atomic E-state index is 0.478. The molecule has 3 nitrogen and oxygen atoms in total. The molecule has 0 bridgehead atoms. The van der Waals surface area contributed by atoms with Crippen LogP contribution in [0.15, 0.2) is 18.2 Å². The van der Waals surface area contributed by atoms with Crippen molar-refractivity contribution in [1.29, 1.82) is 0 Å². The van der Waals surface area contributed by atoms with Crippen LogP contribution in [0.5, 0.6) is 0 Å². The molecule has 1 aromatic rings. The van der Waals surface area contributed by atoms with E-state index < -0.39 is 0 Å². The zero-order chi connectivity index (χ0) is 15.3. The number of nitrogens with zero attached hydrogens (tertiary/aromatic N) is 1. The van der Waals surface area contributed by atoms with Crippen LogP contribution < -0.4 is 10.2 Å². The lowest BCUT2D eigenvalue weighted by atomic mass is 9.82. The lowest BCUT2D eigenvalue weighted by molar-refractivity contribution is 0.199. The number of anilines is 1. The van der Waals surface area contributed by atoms with Crippen molar-refractivity contribution < 1.29 is 4.74 Å². The van der Waals surface area contributed by atoms with Crippen molar-refractivity contribution in [2.45, 2.75) is 33.2 Å². The largest absolute Gasteiger partial charge is 0.383 e. The first kappa shape index (κ1) is 16.6. The Bertz CT molecular complexity index is 452. The zero-order valence-corrected chi connectivity index (χ0v) is 14.2. The summed E-state index contributed by atoms with van der Waals surface area (Å²) >= 11 is 6.42. The number of hydrogen-bond donors (Lipinski definition) is 1. The normalized spacial score (nSPS) is 18.0. The fraction of sp³-hybridized carbons (Fsp3) is 0.647. The standard InChI is InChI=1S/C17H27ClN2O/c1-17(2)6-9-20(10-7-17)15-5-4-14(16(18)12-15)13-19-8-11-21-3/h4-5,12,19H,6-11,13H2,1-3H3. The van der Waals surface area contributed by atoms with Gasteiger partial charge in [0.25, 0.3) is 0 Å². The van der Waals surface area contributed by atoms with E-state index in [0.29, 0.717) is 5.41 Å². The Morgan fingerprint density at radius 1 is 1.29 bits per heavy atom. The predicted molar refractivity (Wildman–Crippen MR) is 90.3 cm³/mol. The van der Waals surface area contributed by atoms with Gasteiger partial charge in [-0.2, -0.15) is 0 Å². The molecule has 1 aromatic carbocycles. The Morgan fingerprint density at radius 3 is 2.62 bits per heavy atom. The fourth-order valence-electron chi connectivity index (χ4n) is 2.64. The maximum absolute atomic E-state index is 6.42. The number of benzene rings is 1. The summed E-state index contributed by atoms with van der Waals surface area (Å²) in [5, 5.41) is 4.18. The van der Waals surface area contributed by atoms with E-state index in [1.165, 1.54) is 18.5 Å². The third kappa shape index (κ3) is 4.87. The van der Waals surface area contributed by atoms with Gasteiger partial charge >= 0.3 is 0 Å². The van der Waals surface area contributed by atoms with Gasteiger partial charge in [-0.3, -0.25) is 0 Å². The molecule has 1 fully saturated rings. The summed E-state index contributed by atoms with van der Waals surface area (Å²) in [6.07, 6.45) is 2.48. The number of nitrogens with one attached hydrogen (secondary N) is 1. The first-order chi connectivity index (χ1) is 10.0. The van der Waals surface area contributed by atoms with Gasteiger partial charge in [0.05, 0.1) is 6.61 Å². The molecular weight excluding hydrogens is 284 g/mol. The van der Waals surface area contributed by atoms with Crippen molar-refractivity contribution in [2.75, 3.05) is 38.3 Å². The smallest absolute Gasteiger partial charge is 0.0587 e. The lowest BCUT2D eigenvalue weighted by Gasteiger charge is -2.38. The SMILES string of the molecule is COCCNCc1ccc(N2CCC(C)(C)CC2)cc1Cl. The van der Waals surface area contributed by atoms with Gasteiger partial charge in [0, 0.05) is 44.0 Å². The van der Waals surface area contributed by atoms with Gasteiger partial charge in [0.1, 0.15) is 0 Å². The summed E-state index contributed by atoms with van der Waals surface area (Å²) in [7, 11) is 1.71. The van der Waals surface area contributed by atoms with E-state index in [1.54, 1.807) is 7.11 Å². The maximum atomic E-state index is 6.42. The van der Waals surface area contributed by atoms with Crippen molar-refractivity contribution in [3.05, 3.63) is 28.8 Å². The number of piperidine rings is 1. The van der Waals surface area contributed by atoms with Crippen LogP contribution in [0, 0.1) is 5.41 Å². The van der Waals surface area contributed by atoms with E-state index in [1.807, 2.05) is 0 Å². The van der Waals surface area contributed by atoms with Gasteiger partial charge in [-0.05, 0) is 36.0 Å². The Balaban J connectivity index is 1.92. The van der Waals surface area contributed by atoms with E-state index >= 15 is 0 Å². The summed E-state index contributed by atoms with van der Waals surface area (Å²) in [4.78, 5) is 2.44. The van der Waals surface area contributed by atoms with Crippen molar-refractivity contribution in [1.82, 2.24) is 5.32 Å². The summed E-state index contributed by atoms with van der Waals surface area (Å²) in [6.45, 7) is 9.30. The summed E-state index contributed by atoms with van der Waals surface area (Å²) < 4.78 is 5.02. The molecule has 0 atom stereocenters. The van der Waals surface area contributed by atoms with Crippen molar-refractivity contribution >= 4 is 17.3 Å². The number of hydrogen-bond acceptors (Lipinski definition) is 3. The minimum absolute atomic E-state index is 0.478. The molecule has 0 aliphatic carbocycles. The summed E-state index contributed by atoms with van der Waals surface area (Å²) in [5.74, 6) is 0. The molecule has 0 unspecified atom stereocenters. The molecule has 1 N–H and O–H groups in total. The van der Waals surface area contributed by atoms with Crippen LogP contribution in [0.3, 0.4) is 0 Å². The van der Waals surface area contributed by atoms with Gasteiger partial charge in [-0.15, -0.1) is 0 Å². The predicted octanol–water partition coefficient (Wildman–Crippen LogP) is 3.70. The second kappa shape index (κ2) is 7.48. The van der Waals surface area contributed by atoms with Crippen LogP contribution in [0.2, 0.25) is 5.02 Å². The Morgan fingerprint density at radius 2 is 2.00 bits per heavy atom. The first-order valence-corrected chi connectivity index (χ1v) is 8.13. The summed E-state index contributed by atoms with van der Waals surface area (Å²) in [6, 6.07) is 6.43. The van der Waals surface area contributed by atoms with Gasteiger partial charge in [0.15, 0.2) is 0 Å². The molecule has 0 aromatic heterocycles. The molecule has 1 saturated heterocycles. The fourth-order valence-corrected chi connectivity index (χ4v) is 2.89. The molecule has 21 heavy (non-hydrogen) atoms. The second-order valence-electron chi connectivity index (χ2n) is 6.60. The highest BCUT2D eigenvalue weighted by Gasteiger charge is 2.25. The third-order valence-electron chi connectivity index (χ3n) is 4.32. The molecular formula is C17H27ClN2O. The molecule has 118 valence electrons. The van der Waals surface area contributed by atoms with Crippen LogP contribution in [-0.2, 0) is 11.3 Å². The topological polar surface area (TPSA) is 24.5 Å². The van der Waals surface area contributed by atoms with Crippen molar-refractivity contribution in [3.63, 3.8) is 0 Å². The van der Waals surface area contributed by atoms with E-state index in [2.05, 4.69) is 42.3 Å². The molecule has 1 aliphatic rings. The highest BCUT2D eigenvalue weighted by Crippen LogP contribution is 2.33. The molecule has 1 aliphatic heterocycles. The Labute approximate surface area is 133 Å². The van der Waals surface area contributed by atoms with Crippen LogP contribution >= 0.6 is 11.6 Å². The van der Waals surface area contributed by atoms with Crippen LogP contribution in [0.25, 0.3) is 0 Å². The van der Waals surface area contributed by atoms with Gasteiger partial charge in [0.2, 0.25) is 0 Å². The van der Waals surface area contributed by atoms with Gasteiger partial charge < -0.3 is 15.0 Å². The van der Waals surface area contributed by atoms with E-state index in [0.717, 1.165) is 43.4 Å². The average Bonchev–Trinajstić information content (AvgIpc) is 2.45. The average molecular weight is 311 g/mol. The van der Waals surface area contributed by atoms with E-state index in [-0.39, 0.29) is 0 Å². The van der Waals surface area contributed by atoms with E-state index in [9.17, 15) is 0 Å². The molecule has 1 heterocycles. The number of rotatable bonds is 6. The van der Waals surface area contributed by atoms with Crippen molar-refractivity contribution in [3.8, 4) is 0 Å². The van der Waals surface area contributed by atoms with Crippen LogP contribution in [0.1, 0.15) is 32.3 Å². The van der Waals surface area contributed by atoms with Crippen molar-refractivity contribution in [2.24, 2.45) is 5.41 Å². The first-order valence-electron chi connectivity index (χ1n) is 7.75. The van der Waals surface area contributed by atoms with Crippen LogP contribution in [-0.4, -0.2) is 33.4 Å². The molecule has 0 radical (unpaired) electrons. The molecule has 0 spiro atoms. The monoisotopic (exact) mass is 310 g/mol. The molecule has 0 saturated carbocycles. The number of ether oxygens (including phenoxy) is 1. The molecule has 0 amide bonds. The molecule has 2 rings (SSSR count). The van der Waals surface area contributed by atoms with Gasteiger partial charge in [-0.1, -0.05) is 31.5 Å². The lowest BCUT2D eigenvalue weighted by Crippen LogP contribution is -2.37. The minimum Gasteiger partial charge on any atom is -0.383 e. The third-order valence-corrected chi connectivity index (χ3v) is 4.67. The summed E-state index contributed by atoms with van der Waals surface area (Å²) in [5.41, 5.74) is 2.87. The second-order valence-corrected chi connectivity index (χ2v) is 7.00.